The monoisotopic (exact) mass is 212 g/mol. The molecular formula is C15H16O. The van der Waals surface area contributed by atoms with Crippen molar-refractivity contribution in [1.29, 1.82) is 0 Å². The van der Waals surface area contributed by atoms with E-state index in [1.807, 2.05) is 50.3 Å². The van der Waals surface area contributed by atoms with E-state index >= 15 is 0 Å². The van der Waals surface area contributed by atoms with Crippen molar-refractivity contribution in [2.75, 3.05) is 0 Å². The second-order valence-corrected chi connectivity index (χ2v) is 3.42. The third-order valence-electron chi connectivity index (χ3n) is 2.32. The van der Waals surface area contributed by atoms with Gasteiger partial charge in [-0.2, -0.15) is 0 Å². The van der Waals surface area contributed by atoms with Gasteiger partial charge in [0.2, 0.25) is 0 Å². The standard InChI is InChI=1S/C15H16O/c1-4-9-13(5-2)15(16)12(3)14-10-7-6-8-11-14/h4-11H,3H2,1-2H3/b9-4-,13-5+. The molecule has 82 valence electrons. The molecule has 0 saturated carbocycles. The van der Waals surface area contributed by atoms with Crippen molar-refractivity contribution in [2.45, 2.75) is 13.8 Å². The molecule has 0 atom stereocenters. The van der Waals surface area contributed by atoms with E-state index in [0.29, 0.717) is 11.1 Å². The summed E-state index contributed by atoms with van der Waals surface area (Å²) in [6, 6.07) is 9.51. The maximum atomic E-state index is 12.0. The number of hydrogen-bond acceptors (Lipinski definition) is 1. The molecule has 0 aromatic heterocycles. The summed E-state index contributed by atoms with van der Waals surface area (Å²) in [6.45, 7) is 7.60. The highest BCUT2D eigenvalue weighted by molar-refractivity contribution is 6.29. The third-order valence-corrected chi connectivity index (χ3v) is 2.32. The van der Waals surface area contributed by atoms with Gasteiger partial charge in [0.05, 0.1) is 0 Å². The molecule has 1 rings (SSSR count). The van der Waals surface area contributed by atoms with Gasteiger partial charge in [0.1, 0.15) is 0 Å². The highest BCUT2D eigenvalue weighted by atomic mass is 16.1. The fraction of sp³-hybridized carbons (Fsp3) is 0.133. The third kappa shape index (κ3) is 2.80. The first-order chi connectivity index (χ1) is 7.70. The Kier molecular flexibility index (Phi) is 4.46. The minimum Gasteiger partial charge on any atom is -0.289 e. The van der Waals surface area contributed by atoms with Crippen LogP contribution in [0.2, 0.25) is 0 Å². The summed E-state index contributed by atoms with van der Waals surface area (Å²) in [5.41, 5.74) is 2.08. The molecule has 0 aliphatic rings. The van der Waals surface area contributed by atoms with Crippen LogP contribution < -0.4 is 0 Å². The Balaban J connectivity index is 2.96. The lowest BCUT2D eigenvalue weighted by Crippen LogP contribution is -2.02. The average molecular weight is 212 g/mol. The van der Waals surface area contributed by atoms with Gasteiger partial charge in [0, 0.05) is 11.1 Å². The molecule has 0 spiro atoms. The zero-order chi connectivity index (χ0) is 12.0. The molecule has 0 aliphatic heterocycles. The summed E-state index contributed by atoms with van der Waals surface area (Å²) in [5.74, 6) is -0.0215. The van der Waals surface area contributed by atoms with Crippen molar-refractivity contribution in [3.63, 3.8) is 0 Å². The average Bonchev–Trinajstić information content (AvgIpc) is 2.35. The molecular weight excluding hydrogens is 196 g/mol. The number of Topliss-reactive ketones (excluding diaryl/α,β-unsaturated/α-hetero) is 1. The largest absolute Gasteiger partial charge is 0.289 e. The number of rotatable bonds is 4. The summed E-state index contributed by atoms with van der Waals surface area (Å²) in [4.78, 5) is 12.0. The molecule has 1 heteroatoms. The molecule has 1 aromatic rings. The van der Waals surface area contributed by atoms with Gasteiger partial charge in [-0.25, -0.2) is 0 Å². The minimum absolute atomic E-state index is 0.0215. The Labute approximate surface area is 96.8 Å². The second kappa shape index (κ2) is 5.86. The number of carbonyl (C=O) groups is 1. The molecule has 0 N–H and O–H groups in total. The SMILES string of the molecule is C=C(C(=O)C(/C=C\C)=C/C)c1ccccc1. The number of hydrogen-bond donors (Lipinski definition) is 0. The van der Waals surface area contributed by atoms with Gasteiger partial charge >= 0.3 is 0 Å². The summed E-state index contributed by atoms with van der Waals surface area (Å²) >= 11 is 0. The Morgan fingerprint density at radius 3 is 2.31 bits per heavy atom. The molecule has 16 heavy (non-hydrogen) atoms. The lowest BCUT2D eigenvalue weighted by molar-refractivity contribution is -0.110. The van der Waals surface area contributed by atoms with E-state index in [4.69, 9.17) is 0 Å². The Hall–Kier alpha value is -1.89. The molecule has 0 aliphatic carbocycles. The highest BCUT2D eigenvalue weighted by Gasteiger charge is 2.11. The second-order valence-electron chi connectivity index (χ2n) is 3.42. The Morgan fingerprint density at radius 2 is 1.81 bits per heavy atom. The molecule has 0 radical (unpaired) electrons. The number of ketones is 1. The summed E-state index contributed by atoms with van der Waals surface area (Å²) in [7, 11) is 0. The highest BCUT2D eigenvalue weighted by Crippen LogP contribution is 2.17. The van der Waals surface area contributed by atoms with E-state index in [-0.39, 0.29) is 5.78 Å². The Morgan fingerprint density at radius 1 is 1.19 bits per heavy atom. The van der Waals surface area contributed by atoms with Gasteiger partial charge < -0.3 is 0 Å². The van der Waals surface area contributed by atoms with Crippen molar-refractivity contribution < 1.29 is 4.79 Å². The van der Waals surface area contributed by atoms with Gasteiger partial charge in [-0.05, 0) is 19.4 Å². The lowest BCUT2D eigenvalue weighted by atomic mass is 9.98. The number of allylic oxidation sites excluding steroid dienone is 5. The zero-order valence-corrected chi connectivity index (χ0v) is 9.73. The molecule has 0 heterocycles. The van der Waals surface area contributed by atoms with Crippen LogP contribution in [0, 0.1) is 0 Å². The van der Waals surface area contributed by atoms with Gasteiger partial charge in [-0.3, -0.25) is 4.79 Å². The van der Waals surface area contributed by atoms with E-state index in [2.05, 4.69) is 6.58 Å². The molecule has 0 fully saturated rings. The number of carbonyl (C=O) groups excluding carboxylic acids is 1. The van der Waals surface area contributed by atoms with Gasteiger partial charge in [0.15, 0.2) is 5.78 Å². The van der Waals surface area contributed by atoms with Gasteiger partial charge in [-0.1, -0.05) is 55.1 Å². The van der Waals surface area contributed by atoms with E-state index in [0.717, 1.165) is 5.56 Å². The zero-order valence-electron chi connectivity index (χ0n) is 9.73. The molecule has 1 nitrogen and oxygen atoms in total. The van der Waals surface area contributed by atoms with Crippen LogP contribution in [0.25, 0.3) is 5.57 Å². The van der Waals surface area contributed by atoms with Crippen molar-refractivity contribution >= 4 is 11.4 Å². The van der Waals surface area contributed by atoms with Crippen molar-refractivity contribution in [3.8, 4) is 0 Å². The smallest absolute Gasteiger partial charge is 0.192 e. The van der Waals surface area contributed by atoms with Crippen molar-refractivity contribution in [1.82, 2.24) is 0 Å². The van der Waals surface area contributed by atoms with Crippen LogP contribution in [0.1, 0.15) is 19.4 Å². The first-order valence-electron chi connectivity index (χ1n) is 5.28. The van der Waals surface area contributed by atoms with Crippen LogP contribution in [-0.4, -0.2) is 5.78 Å². The maximum absolute atomic E-state index is 12.0. The van der Waals surface area contributed by atoms with E-state index in [1.54, 1.807) is 12.2 Å². The molecule has 0 saturated heterocycles. The first kappa shape index (κ1) is 12.2. The summed E-state index contributed by atoms with van der Waals surface area (Å²) in [5, 5.41) is 0. The fourth-order valence-electron chi connectivity index (χ4n) is 1.43. The van der Waals surface area contributed by atoms with E-state index < -0.39 is 0 Å². The first-order valence-corrected chi connectivity index (χ1v) is 5.28. The number of benzene rings is 1. The normalized spacial score (nSPS) is 11.8. The van der Waals surface area contributed by atoms with Gasteiger partial charge in [0.25, 0.3) is 0 Å². The predicted molar refractivity (Wildman–Crippen MR) is 69.1 cm³/mol. The quantitative estimate of drug-likeness (QED) is 0.548. The topological polar surface area (TPSA) is 17.1 Å². The van der Waals surface area contributed by atoms with Crippen LogP contribution in [0.5, 0.6) is 0 Å². The Bertz CT molecular complexity index is 436. The summed E-state index contributed by atoms with van der Waals surface area (Å²) < 4.78 is 0. The van der Waals surface area contributed by atoms with Gasteiger partial charge in [-0.15, -0.1) is 0 Å². The predicted octanol–water partition coefficient (Wildman–Crippen LogP) is 3.79. The van der Waals surface area contributed by atoms with E-state index in [9.17, 15) is 4.79 Å². The van der Waals surface area contributed by atoms with E-state index in [1.165, 1.54) is 0 Å². The lowest BCUT2D eigenvalue weighted by Gasteiger charge is -2.05. The summed E-state index contributed by atoms with van der Waals surface area (Å²) in [6.07, 6.45) is 5.46. The van der Waals surface area contributed by atoms with Crippen LogP contribution in [-0.2, 0) is 4.79 Å². The van der Waals surface area contributed by atoms with Crippen molar-refractivity contribution in [3.05, 3.63) is 66.3 Å². The van der Waals surface area contributed by atoms with Crippen molar-refractivity contribution in [2.24, 2.45) is 0 Å². The minimum atomic E-state index is -0.0215. The molecule has 0 amide bonds. The molecule has 0 unspecified atom stereocenters. The van der Waals surface area contributed by atoms with Crippen LogP contribution in [0.15, 0.2) is 60.7 Å². The molecule has 1 aromatic carbocycles. The van der Waals surface area contributed by atoms with Crippen LogP contribution >= 0.6 is 0 Å². The van der Waals surface area contributed by atoms with Crippen LogP contribution in [0.4, 0.5) is 0 Å². The maximum Gasteiger partial charge on any atom is 0.192 e. The van der Waals surface area contributed by atoms with Crippen LogP contribution in [0.3, 0.4) is 0 Å². The molecule has 0 bridgehead atoms. The fourth-order valence-corrected chi connectivity index (χ4v) is 1.43.